The van der Waals surface area contributed by atoms with Gasteiger partial charge in [0, 0.05) is 26.2 Å². The number of halogens is 3. The fraction of sp³-hybridized carbons (Fsp3) is 1.00. The van der Waals surface area contributed by atoms with E-state index >= 15 is 0 Å². The Morgan fingerprint density at radius 2 is 1.55 bits per heavy atom. The molecule has 2 saturated heterocycles. The zero-order chi connectivity index (χ0) is 14.4. The molecule has 0 aromatic rings. The van der Waals surface area contributed by atoms with E-state index in [0.29, 0.717) is 13.1 Å². The Morgan fingerprint density at radius 1 is 0.950 bits per heavy atom. The molecular weight excluding hydrogens is 267 g/mol. The average molecular weight is 293 g/mol. The van der Waals surface area contributed by atoms with E-state index in [1.165, 1.54) is 30.6 Å². The lowest BCUT2D eigenvalue weighted by molar-refractivity contribution is -0.149. The van der Waals surface area contributed by atoms with Gasteiger partial charge in [-0.2, -0.15) is 13.2 Å². The van der Waals surface area contributed by atoms with Gasteiger partial charge < -0.3 is 10.2 Å². The third kappa shape index (κ3) is 5.97. The van der Waals surface area contributed by atoms with Crippen LogP contribution in [0.3, 0.4) is 0 Å². The van der Waals surface area contributed by atoms with Crippen LogP contribution in [-0.2, 0) is 0 Å². The van der Waals surface area contributed by atoms with Gasteiger partial charge in [-0.1, -0.05) is 0 Å². The molecule has 2 aliphatic heterocycles. The SMILES string of the molecule is FC(F)(F)CN1CCN(CCCC2CCNCC2)CC1. The molecule has 0 aromatic carbocycles. The zero-order valence-electron chi connectivity index (χ0n) is 12.1. The standard InChI is InChI=1S/C14H26F3N3/c15-14(16,17)12-20-10-8-19(9-11-20)7-1-2-13-3-5-18-6-4-13/h13,18H,1-12H2. The number of hydrogen-bond acceptors (Lipinski definition) is 3. The summed E-state index contributed by atoms with van der Waals surface area (Å²) in [5.74, 6) is 0.850. The van der Waals surface area contributed by atoms with Crippen molar-refractivity contribution in [2.75, 3.05) is 52.4 Å². The maximum atomic E-state index is 12.3. The topological polar surface area (TPSA) is 18.5 Å². The summed E-state index contributed by atoms with van der Waals surface area (Å²) in [7, 11) is 0. The van der Waals surface area contributed by atoms with Crippen molar-refractivity contribution in [2.45, 2.75) is 31.9 Å². The molecule has 0 saturated carbocycles. The summed E-state index contributed by atoms with van der Waals surface area (Å²) in [6.07, 6.45) is 0.949. The molecule has 1 N–H and O–H groups in total. The number of piperazine rings is 1. The van der Waals surface area contributed by atoms with Crippen molar-refractivity contribution in [3.8, 4) is 0 Å². The van der Waals surface area contributed by atoms with Crippen LogP contribution in [-0.4, -0.2) is 68.3 Å². The Kier molecular flexibility index (Phi) is 6.11. The highest BCUT2D eigenvalue weighted by molar-refractivity contribution is 4.75. The lowest BCUT2D eigenvalue weighted by atomic mass is 9.93. The van der Waals surface area contributed by atoms with E-state index in [9.17, 15) is 13.2 Å². The highest BCUT2D eigenvalue weighted by Crippen LogP contribution is 2.19. The fourth-order valence-corrected chi connectivity index (χ4v) is 3.20. The first-order valence-corrected chi connectivity index (χ1v) is 7.75. The number of hydrogen-bond donors (Lipinski definition) is 1. The molecule has 3 nitrogen and oxygen atoms in total. The van der Waals surface area contributed by atoms with Crippen molar-refractivity contribution < 1.29 is 13.2 Å². The van der Waals surface area contributed by atoms with Crippen LogP contribution in [0.4, 0.5) is 13.2 Å². The molecule has 0 bridgehead atoms. The van der Waals surface area contributed by atoms with Gasteiger partial charge in [0.1, 0.15) is 0 Å². The molecule has 0 aromatic heterocycles. The summed E-state index contributed by atoms with van der Waals surface area (Å²) in [6, 6.07) is 0. The van der Waals surface area contributed by atoms with Crippen molar-refractivity contribution in [3.05, 3.63) is 0 Å². The Balaban J connectivity index is 1.55. The van der Waals surface area contributed by atoms with Crippen LogP contribution in [0.15, 0.2) is 0 Å². The zero-order valence-corrected chi connectivity index (χ0v) is 12.1. The molecule has 0 aliphatic carbocycles. The van der Waals surface area contributed by atoms with Gasteiger partial charge in [0.25, 0.3) is 0 Å². The fourth-order valence-electron chi connectivity index (χ4n) is 3.20. The van der Waals surface area contributed by atoms with E-state index in [0.717, 1.165) is 38.6 Å². The van der Waals surface area contributed by atoms with E-state index < -0.39 is 12.7 Å². The predicted molar refractivity (Wildman–Crippen MR) is 73.8 cm³/mol. The van der Waals surface area contributed by atoms with Crippen LogP contribution in [0.25, 0.3) is 0 Å². The average Bonchev–Trinajstić information content (AvgIpc) is 2.40. The molecule has 0 atom stereocenters. The summed E-state index contributed by atoms with van der Waals surface area (Å²) < 4.78 is 36.9. The number of alkyl halides is 3. The van der Waals surface area contributed by atoms with Crippen LogP contribution in [0, 0.1) is 5.92 Å². The van der Waals surface area contributed by atoms with Gasteiger partial charge in [-0.3, -0.25) is 4.90 Å². The molecule has 2 heterocycles. The van der Waals surface area contributed by atoms with E-state index in [1.54, 1.807) is 0 Å². The molecule has 0 spiro atoms. The molecule has 118 valence electrons. The summed E-state index contributed by atoms with van der Waals surface area (Å²) in [4.78, 5) is 3.83. The Labute approximate surface area is 119 Å². The van der Waals surface area contributed by atoms with Crippen LogP contribution >= 0.6 is 0 Å². The number of piperidine rings is 1. The molecular formula is C14H26F3N3. The Morgan fingerprint density at radius 3 is 2.15 bits per heavy atom. The van der Waals surface area contributed by atoms with Crippen LogP contribution < -0.4 is 5.32 Å². The quantitative estimate of drug-likeness (QED) is 0.836. The second-order valence-electron chi connectivity index (χ2n) is 6.07. The van der Waals surface area contributed by atoms with E-state index in [1.807, 2.05) is 0 Å². The minimum atomic E-state index is -4.06. The van der Waals surface area contributed by atoms with Gasteiger partial charge in [-0.15, -0.1) is 0 Å². The third-order valence-corrected chi connectivity index (χ3v) is 4.41. The normalized spacial score (nSPS) is 24.1. The summed E-state index contributed by atoms with van der Waals surface area (Å²) in [5.41, 5.74) is 0. The molecule has 6 heteroatoms. The van der Waals surface area contributed by atoms with Crippen LogP contribution in [0.2, 0.25) is 0 Å². The molecule has 2 rings (SSSR count). The highest BCUT2D eigenvalue weighted by atomic mass is 19.4. The van der Waals surface area contributed by atoms with Crippen molar-refractivity contribution in [1.82, 2.24) is 15.1 Å². The maximum absolute atomic E-state index is 12.3. The Bertz CT molecular complexity index is 269. The van der Waals surface area contributed by atoms with Gasteiger partial charge in [-0.25, -0.2) is 0 Å². The van der Waals surface area contributed by atoms with E-state index in [4.69, 9.17) is 0 Å². The number of nitrogens with zero attached hydrogens (tertiary/aromatic N) is 2. The van der Waals surface area contributed by atoms with Gasteiger partial charge >= 0.3 is 6.18 Å². The second kappa shape index (κ2) is 7.61. The Hall–Kier alpha value is -0.330. The van der Waals surface area contributed by atoms with E-state index in [2.05, 4.69) is 10.2 Å². The molecule has 0 radical (unpaired) electrons. The monoisotopic (exact) mass is 293 g/mol. The van der Waals surface area contributed by atoms with Crippen molar-refractivity contribution >= 4 is 0 Å². The minimum Gasteiger partial charge on any atom is -0.317 e. The van der Waals surface area contributed by atoms with Gasteiger partial charge in [0.15, 0.2) is 0 Å². The molecule has 0 amide bonds. The van der Waals surface area contributed by atoms with Crippen molar-refractivity contribution in [3.63, 3.8) is 0 Å². The first kappa shape index (κ1) is 16.0. The van der Waals surface area contributed by atoms with Gasteiger partial charge in [0.05, 0.1) is 6.54 Å². The highest BCUT2D eigenvalue weighted by Gasteiger charge is 2.31. The minimum absolute atomic E-state index is 0.548. The van der Waals surface area contributed by atoms with Crippen LogP contribution in [0.5, 0.6) is 0 Å². The number of rotatable bonds is 5. The molecule has 20 heavy (non-hydrogen) atoms. The van der Waals surface area contributed by atoms with Crippen LogP contribution in [0.1, 0.15) is 25.7 Å². The molecule has 2 aliphatic rings. The lowest BCUT2D eigenvalue weighted by Gasteiger charge is -2.35. The van der Waals surface area contributed by atoms with Crippen molar-refractivity contribution in [2.24, 2.45) is 5.92 Å². The second-order valence-corrected chi connectivity index (χ2v) is 6.07. The smallest absolute Gasteiger partial charge is 0.317 e. The first-order chi connectivity index (χ1) is 9.53. The third-order valence-electron chi connectivity index (χ3n) is 4.41. The maximum Gasteiger partial charge on any atom is 0.401 e. The predicted octanol–water partition coefficient (Wildman–Crippen LogP) is 1.95. The van der Waals surface area contributed by atoms with Gasteiger partial charge in [-0.05, 0) is 51.2 Å². The summed E-state index contributed by atoms with van der Waals surface area (Å²) in [6.45, 7) is 5.23. The van der Waals surface area contributed by atoms with Gasteiger partial charge in [0.2, 0.25) is 0 Å². The number of nitrogens with one attached hydrogen (secondary N) is 1. The molecule has 0 unspecified atom stereocenters. The summed E-state index contributed by atoms with van der Waals surface area (Å²) in [5, 5.41) is 3.37. The van der Waals surface area contributed by atoms with E-state index in [-0.39, 0.29) is 0 Å². The molecule has 2 fully saturated rings. The lowest BCUT2D eigenvalue weighted by Crippen LogP contribution is -2.49. The first-order valence-electron chi connectivity index (χ1n) is 7.75. The summed E-state index contributed by atoms with van der Waals surface area (Å²) >= 11 is 0. The largest absolute Gasteiger partial charge is 0.401 e. The van der Waals surface area contributed by atoms with Crippen molar-refractivity contribution in [1.29, 1.82) is 0 Å².